The summed E-state index contributed by atoms with van der Waals surface area (Å²) in [6, 6.07) is 16.7. The van der Waals surface area contributed by atoms with E-state index >= 15 is 0 Å². The quantitative estimate of drug-likeness (QED) is 0.850. The van der Waals surface area contributed by atoms with Gasteiger partial charge in [0.15, 0.2) is 0 Å². The first-order chi connectivity index (χ1) is 11.2. The van der Waals surface area contributed by atoms with Crippen LogP contribution in [-0.4, -0.2) is 6.03 Å². The van der Waals surface area contributed by atoms with Crippen LogP contribution in [0.1, 0.15) is 42.7 Å². The maximum Gasteiger partial charge on any atom is 0.323 e. The average molecular weight is 305 g/mol. The molecule has 0 unspecified atom stereocenters. The maximum atomic E-state index is 12.0. The molecule has 0 radical (unpaired) electrons. The van der Waals surface area contributed by atoms with Crippen LogP contribution in [0, 0.1) is 11.3 Å². The molecule has 116 valence electrons. The Kier molecular flexibility index (Phi) is 4.58. The van der Waals surface area contributed by atoms with Gasteiger partial charge in [-0.25, -0.2) is 4.79 Å². The number of benzene rings is 2. The van der Waals surface area contributed by atoms with Crippen LogP contribution in [0.5, 0.6) is 0 Å². The Balaban J connectivity index is 1.60. The molecule has 0 spiro atoms. The lowest BCUT2D eigenvalue weighted by molar-refractivity contribution is 0.262. The number of carbonyl (C=O) groups excluding carboxylic acids is 1. The molecule has 0 heterocycles. The predicted octanol–water partition coefficient (Wildman–Crippen LogP) is 4.86. The lowest BCUT2D eigenvalue weighted by Gasteiger charge is -2.11. The Bertz CT molecular complexity index is 725. The summed E-state index contributed by atoms with van der Waals surface area (Å²) >= 11 is 0. The van der Waals surface area contributed by atoms with Gasteiger partial charge in [0.2, 0.25) is 0 Å². The summed E-state index contributed by atoms with van der Waals surface area (Å²) in [5.74, 6) is 0.673. The van der Waals surface area contributed by atoms with E-state index in [-0.39, 0.29) is 6.03 Å². The van der Waals surface area contributed by atoms with Gasteiger partial charge in [-0.15, -0.1) is 0 Å². The van der Waals surface area contributed by atoms with E-state index in [0.717, 1.165) is 5.69 Å². The molecule has 0 aliphatic heterocycles. The molecule has 0 atom stereocenters. The van der Waals surface area contributed by atoms with Crippen molar-refractivity contribution in [1.29, 1.82) is 5.26 Å². The van der Waals surface area contributed by atoms with Crippen LogP contribution in [0.4, 0.5) is 16.2 Å². The zero-order valence-electron chi connectivity index (χ0n) is 12.9. The van der Waals surface area contributed by atoms with Crippen LogP contribution in [0.3, 0.4) is 0 Å². The zero-order valence-corrected chi connectivity index (χ0v) is 12.9. The number of nitrogens with one attached hydrogen (secondary N) is 2. The maximum absolute atomic E-state index is 12.0. The molecule has 2 N–H and O–H groups in total. The van der Waals surface area contributed by atoms with Gasteiger partial charge < -0.3 is 10.6 Å². The molecule has 1 aliphatic rings. The van der Waals surface area contributed by atoms with Crippen LogP contribution >= 0.6 is 0 Å². The number of hydrogen-bond acceptors (Lipinski definition) is 2. The summed E-state index contributed by atoms with van der Waals surface area (Å²) < 4.78 is 0. The summed E-state index contributed by atoms with van der Waals surface area (Å²) in [7, 11) is 0. The highest BCUT2D eigenvalue weighted by molar-refractivity contribution is 5.99. The normalized spacial score (nSPS) is 14.2. The van der Waals surface area contributed by atoms with E-state index < -0.39 is 0 Å². The lowest BCUT2D eigenvalue weighted by Crippen LogP contribution is -2.19. The fourth-order valence-corrected chi connectivity index (χ4v) is 3.06. The number of anilines is 2. The van der Waals surface area contributed by atoms with Crippen molar-refractivity contribution in [3.8, 4) is 6.07 Å². The lowest BCUT2D eigenvalue weighted by atomic mass is 9.98. The molecule has 4 heteroatoms. The molecule has 3 rings (SSSR count). The smallest absolute Gasteiger partial charge is 0.308 e. The monoisotopic (exact) mass is 305 g/mol. The van der Waals surface area contributed by atoms with Crippen molar-refractivity contribution < 1.29 is 4.79 Å². The number of rotatable bonds is 3. The molecule has 2 aromatic carbocycles. The van der Waals surface area contributed by atoms with Gasteiger partial charge in [-0.05, 0) is 54.7 Å². The Morgan fingerprint density at radius 1 is 1.00 bits per heavy atom. The minimum absolute atomic E-state index is 0.311. The van der Waals surface area contributed by atoms with Crippen LogP contribution in [0.25, 0.3) is 0 Å². The summed E-state index contributed by atoms with van der Waals surface area (Å²) in [5, 5.41) is 14.4. The van der Waals surface area contributed by atoms with Crippen molar-refractivity contribution in [2.24, 2.45) is 0 Å². The third-order valence-electron chi connectivity index (χ3n) is 4.24. The van der Waals surface area contributed by atoms with Crippen molar-refractivity contribution in [2.45, 2.75) is 31.6 Å². The topological polar surface area (TPSA) is 64.9 Å². The molecule has 4 nitrogen and oxygen atoms in total. The van der Waals surface area contributed by atoms with Crippen molar-refractivity contribution >= 4 is 17.4 Å². The highest BCUT2D eigenvalue weighted by atomic mass is 16.2. The van der Waals surface area contributed by atoms with Crippen LogP contribution in [-0.2, 0) is 0 Å². The third kappa shape index (κ3) is 3.89. The van der Waals surface area contributed by atoms with Gasteiger partial charge in [-0.1, -0.05) is 31.0 Å². The first kappa shape index (κ1) is 15.1. The molecule has 0 saturated heterocycles. The molecule has 2 amide bonds. The minimum Gasteiger partial charge on any atom is -0.308 e. The van der Waals surface area contributed by atoms with Gasteiger partial charge in [-0.2, -0.15) is 5.26 Å². The molecule has 1 saturated carbocycles. The SMILES string of the molecule is N#Cc1cccc(NC(=O)Nc2ccc(C3CCCC3)cc2)c1. The number of urea groups is 1. The molecule has 2 aromatic rings. The Morgan fingerprint density at radius 3 is 2.39 bits per heavy atom. The fraction of sp³-hybridized carbons (Fsp3) is 0.263. The highest BCUT2D eigenvalue weighted by Gasteiger charge is 2.16. The van der Waals surface area contributed by atoms with Crippen molar-refractivity contribution in [1.82, 2.24) is 0 Å². The van der Waals surface area contributed by atoms with E-state index in [1.54, 1.807) is 24.3 Å². The largest absolute Gasteiger partial charge is 0.323 e. The second kappa shape index (κ2) is 6.97. The van der Waals surface area contributed by atoms with E-state index in [1.165, 1.54) is 31.2 Å². The molecule has 0 bridgehead atoms. The second-order valence-electron chi connectivity index (χ2n) is 5.88. The summed E-state index contributed by atoms with van der Waals surface area (Å²) in [5.41, 5.74) is 3.24. The van der Waals surface area contributed by atoms with E-state index in [4.69, 9.17) is 5.26 Å². The van der Waals surface area contributed by atoms with Gasteiger partial charge >= 0.3 is 6.03 Å². The number of nitriles is 1. The summed E-state index contributed by atoms with van der Waals surface area (Å²) in [6.07, 6.45) is 5.16. The summed E-state index contributed by atoms with van der Waals surface area (Å²) in [6.45, 7) is 0. The zero-order chi connectivity index (χ0) is 16.1. The Labute approximate surface area is 136 Å². The van der Waals surface area contributed by atoms with Gasteiger partial charge in [0.25, 0.3) is 0 Å². The van der Waals surface area contributed by atoms with Gasteiger partial charge in [0, 0.05) is 11.4 Å². The van der Waals surface area contributed by atoms with Gasteiger partial charge in [-0.3, -0.25) is 0 Å². The van der Waals surface area contributed by atoms with Gasteiger partial charge in [0.1, 0.15) is 0 Å². The number of nitrogens with zero attached hydrogens (tertiary/aromatic N) is 1. The molecule has 0 aromatic heterocycles. The van der Waals surface area contributed by atoms with E-state index in [1.807, 2.05) is 12.1 Å². The van der Waals surface area contributed by atoms with Crippen molar-refractivity contribution in [2.75, 3.05) is 10.6 Å². The average Bonchev–Trinajstić information content (AvgIpc) is 3.10. The van der Waals surface area contributed by atoms with Crippen LogP contribution < -0.4 is 10.6 Å². The van der Waals surface area contributed by atoms with Gasteiger partial charge in [0.05, 0.1) is 11.6 Å². The highest BCUT2D eigenvalue weighted by Crippen LogP contribution is 2.34. The van der Waals surface area contributed by atoms with E-state index in [9.17, 15) is 4.79 Å². The van der Waals surface area contributed by atoms with Crippen LogP contribution in [0.2, 0.25) is 0 Å². The van der Waals surface area contributed by atoms with E-state index in [2.05, 4.69) is 28.8 Å². The molecule has 23 heavy (non-hydrogen) atoms. The predicted molar refractivity (Wildman–Crippen MR) is 91.4 cm³/mol. The molecule has 1 fully saturated rings. The van der Waals surface area contributed by atoms with E-state index in [0.29, 0.717) is 17.2 Å². The summed E-state index contributed by atoms with van der Waals surface area (Å²) in [4.78, 5) is 12.0. The Morgan fingerprint density at radius 2 is 1.70 bits per heavy atom. The van der Waals surface area contributed by atoms with Crippen molar-refractivity contribution in [3.05, 3.63) is 59.7 Å². The van der Waals surface area contributed by atoms with Crippen molar-refractivity contribution in [3.63, 3.8) is 0 Å². The minimum atomic E-state index is -0.311. The fourth-order valence-electron chi connectivity index (χ4n) is 3.06. The third-order valence-corrected chi connectivity index (χ3v) is 4.24. The first-order valence-electron chi connectivity index (χ1n) is 7.93. The number of carbonyl (C=O) groups is 1. The molecule has 1 aliphatic carbocycles. The molecular weight excluding hydrogens is 286 g/mol. The first-order valence-corrected chi connectivity index (χ1v) is 7.93. The Hall–Kier alpha value is -2.80. The number of amides is 2. The van der Waals surface area contributed by atoms with Crippen LogP contribution in [0.15, 0.2) is 48.5 Å². The molecular formula is C19H19N3O. The standard InChI is InChI=1S/C19H19N3O/c20-13-14-4-3-7-18(12-14)22-19(23)21-17-10-8-16(9-11-17)15-5-1-2-6-15/h3-4,7-12,15H,1-2,5-6H2,(H2,21,22,23). The second-order valence-corrected chi connectivity index (χ2v) is 5.88. The number of hydrogen-bond donors (Lipinski definition) is 2.